The van der Waals surface area contributed by atoms with Gasteiger partial charge in [-0.2, -0.15) is 0 Å². The molecule has 3 nitrogen and oxygen atoms in total. The number of halogens is 2. The second-order valence-corrected chi connectivity index (χ2v) is 5.48. The van der Waals surface area contributed by atoms with E-state index in [1.807, 2.05) is 18.2 Å². The van der Waals surface area contributed by atoms with Crippen molar-refractivity contribution in [3.05, 3.63) is 29.0 Å². The van der Waals surface area contributed by atoms with Crippen LogP contribution in [0, 0.1) is 0 Å². The number of alkyl halides is 1. The summed E-state index contributed by atoms with van der Waals surface area (Å²) in [4.78, 5) is 4.62. The number of benzene rings is 1. The fourth-order valence-corrected chi connectivity index (χ4v) is 2.65. The molecule has 110 valence electrons. The molecule has 1 heterocycles. The lowest BCUT2D eigenvalue weighted by Crippen LogP contribution is -2.10. The number of nitrogens with zero attached hydrogens (tertiary/aromatic N) is 2. The van der Waals surface area contributed by atoms with Gasteiger partial charge in [0.25, 0.3) is 0 Å². The molecule has 0 radical (unpaired) electrons. The van der Waals surface area contributed by atoms with Crippen molar-refractivity contribution in [2.45, 2.75) is 32.7 Å². The maximum absolute atomic E-state index is 6.30. The molecule has 0 aliphatic carbocycles. The highest BCUT2D eigenvalue weighted by Crippen LogP contribution is 2.25. The first kappa shape index (κ1) is 15.6. The number of fused-ring (bicyclic) bond motifs is 1. The van der Waals surface area contributed by atoms with Crippen molar-refractivity contribution in [2.24, 2.45) is 0 Å². The summed E-state index contributed by atoms with van der Waals surface area (Å²) < 4.78 is 7.78. The van der Waals surface area contributed by atoms with Gasteiger partial charge in [-0.25, -0.2) is 4.98 Å². The minimum absolute atomic E-state index is 0.553. The zero-order valence-corrected chi connectivity index (χ0v) is 13.3. The number of aryl methyl sites for hydroxylation is 1. The lowest BCUT2D eigenvalue weighted by atomic mass is 10.3. The first-order valence-electron chi connectivity index (χ1n) is 7.05. The van der Waals surface area contributed by atoms with Crippen LogP contribution in [0.1, 0.15) is 25.6 Å². The summed E-state index contributed by atoms with van der Waals surface area (Å²) in [5, 5.41) is 0.726. The highest BCUT2D eigenvalue weighted by atomic mass is 35.5. The van der Waals surface area contributed by atoms with Crippen LogP contribution >= 0.6 is 23.2 Å². The third kappa shape index (κ3) is 3.66. The molecule has 2 rings (SSSR count). The zero-order chi connectivity index (χ0) is 14.4. The van der Waals surface area contributed by atoms with Gasteiger partial charge < -0.3 is 9.30 Å². The Morgan fingerprint density at radius 2 is 2.15 bits per heavy atom. The largest absolute Gasteiger partial charge is 0.380 e. The molecule has 0 saturated heterocycles. The summed E-state index contributed by atoms with van der Waals surface area (Å²) in [7, 11) is 0. The highest BCUT2D eigenvalue weighted by Gasteiger charge is 2.12. The number of aromatic nitrogens is 2. The summed E-state index contributed by atoms with van der Waals surface area (Å²) in [5.74, 6) is 1.53. The van der Waals surface area contributed by atoms with Gasteiger partial charge in [0, 0.05) is 25.5 Å². The maximum atomic E-state index is 6.30. The number of hydrogen-bond acceptors (Lipinski definition) is 2. The predicted octanol–water partition coefficient (Wildman–Crippen LogP) is 4.29. The van der Waals surface area contributed by atoms with Crippen molar-refractivity contribution in [2.75, 3.05) is 19.1 Å². The normalized spacial score (nSPS) is 11.3. The summed E-state index contributed by atoms with van der Waals surface area (Å²) in [5.41, 5.74) is 1.90. The van der Waals surface area contributed by atoms with Gasteiger partial charge in [0.1, 0.15) is 5.82 Å². The van der Waals surface area contributed by atoms with Crippen LogP contribution in [0.25, 0.3) is 11.0 Å². The third-order valence-electron chi connectivity index (χ3n) is 3.22. The number of ether oxygens (including phenoxy) is 1. The Balaban J connectivity index is 2.17. The van der Waals surface area contributed by atoms with Crippen LogP contribution in [-0.4, -0.2) is 28.6 Å². The van der Waals surface area contributed by atoms with Crippen molar-refractivity contribution < 1.29 is 4.74 Å². The van der Waals surface area contributed by atoms with E-state index in [0.717, 1.165) is 54.3 Å². The Bertz CT molecular complexity index is 554. The number of para-hydroxylation sites is 1. The molecule has 2 aromatic rings. The molecule has 0 N–H and O–H groups in total. The Kier molecular flexibility index (Phi) is 6.14. The molecule has 0 unspecified atom stereocenters. The van der Waals surface area contributed by atoms with Gasteiger partial charge in [-0.15, -0.1) is 11.6 Å². The molecule has 0 fully saturated rings. The summed E-state index contributed by atoms with van der Waals surface area (Å²) >= 11 is 12.2. The number of unbranched alkanes of at least 4 members (excludes halogenated alkanes) is 1. The molecule has 20 heavy (non-hydrogen) atoms. The molecule has 0 bridgehead atoms. The van der Waals surface area contributed by atoms with Crippen molar-refractivity contribution in [3.63, 3.8) is 0 Å². The van der Waals surface area contributed by atoms with Crippen LogP contribution in [0.3, 0.4) is 0 Å². The van der Waals surface area contributed by atoms with Gasteiger partial charge in [-0.1, -0.05) is 31.0 Å². The predicted molar refractivity (Wildman–Crippen MR) is 84.9 cm³/mol. The monoisotopic (exact) mass is 314 g/mol. The molecule has 0 aliphatic heterocycles. The number of rotatable bonds is 8. The molecule has 0 atom stereocenters. The van der Waals surface area contributed by atoms with E-state index in [4.69, 9.17) is 27.9 Å². The SMILES string of the molecule is CCCCOCCn1c(CCCl)nc2cccc(Cl)c21. The molecule has 1 aromatic heterocycles. The van der Waals surface area contributed by atoms with Gasteiger partial charge in [0.05, 0.1) is 22.7 Å². The van der Waals surface area contributed by atoms with Crippen molar-refractivity contribution in [1.82, 2.24) is 9.55 Å². The topological polar surface area (TPSA) is 27.1 Å². The number of imidazole rings is 1. The van der Waals surface area contributed by atoms with Crippen molar-refractivity contribution in [3.8, 4) is 0 Å². The van der Waals surface area contributed by atoms with E-state index in [9.17, 15) is 0 Å². The van der Waals surface area contributed by atoms with Gasteiger partial charge in [-0.05, 0) is 18.6 Å². The zero-order valence-electron chi connectivity index (χ0n) is 11.7. The van der Waals surface area contributed by atoms with Crippen LogP contribution in [0.15, 0.2) is 18.2 Å². The van der Waals surface area contributed by atoms with E-state index >= 15 is 0 Å². The molecule has 1 aromatic carbocycles. The van der Waals surface area contributed by atoms with Crippen LogP contribution in [-0.2, 0) is 17.7 Å². The first-order valence-corrected chi connectivity index (χ1v) is 7.96. The highest BCUT2D eigenvalue weighted by molar-refractivity contribution is 6.35. The van der Waals surface area contributed by atoms with Crippen molar-refractivity contribution in [1.29, 1.82) is 0 Å². The van der Waals surface area contributed by atoms with Crippen LogP contribution in [0.2, 0.25) is 5.02 Å². The minimum atomic E-state index is 0.553. The molecule has 0 aliphatic rings. The lowest BCUT2D eigenvalue weighted by molar-refractivity contribution is 0.123. The van der Waals surface area contributed by atoms with E-state index in [2.05, 4.69) is 16.5 Å². The fraction of sp³-hybridized carbons (Fsp3) is 0.533. The van der Waals surface area contributed by atoms with E-state index in [-0.39, 0.29) is 0 Å². The van der Waals surface area contributed by atoms with E-state index in [0.29, 0.717) is 12.5 Å². The standard InChI is InChI=1S/C15H20Cl2N2O/c1-2-3-10-20-11-9-19-14(7-8-16)18-13-6-4-5-12(17)15(13)19/h4-6H,2-3,7-11H2,1H3. The summed E-state index contributed by atoms with van der Waals surface area (Å²) in [6.45, 7) is 4.40. The Hall–Kier alpha value is -0.770. The minimum Gasteiger partial charge on any atom is -0.380 e. The van der Waals surface area contributed by atoms with Gasteiger partial charge in [0.2, 0.25) is 0 Å². The quantitative estimate of drug-likeness (QED) is 0.537. The van der Waals surface area contributed by atoms with E-state index in [1.54, 1.807) is 0 Å². The lowest BCUT2D eigenvalue weighted by Gasteiger charge is -2.10. The van der Waals surface area contributed by atoms with Crippen molar-refractivity contribution >= 4 is 34.2 Å². The fourth-order valence-electron chi connectivity index (χ4n) is 2.21. The second-order valence-electron chi connectivity index (χ2n) is 4.69. The van der Waals surface area contributed by atoms with Crippen LogP contribution in [0.4, 0.5) is 0 Å². The molecule has 0 amide bonds. The molecular weight excluding hydrogens is 295 g/mol. The average molecular weight is 315 g/mol. The molecule has 0 spiro atoms. The maximum Gasteiger partial charge on any atom is 0.111 e. The van der Waals surface area contributed by atoms with E-state index in [1.165, 1.54) is 0 Å². The molecule has 0 saturated carbocycles. The molecular formula is C15H20Cl2N2O. The first-order chi connectivity index (χ1) is 9.77. The smallest absolute Gasteiger partial charge is 0.111 e. The second kappa shape index (κ2) is 7.87. The van der Waals surface area contributed by atoms with E-state index < -0.39 is 0 Å². The van der Waals surface area contributed by atoms with Gasteiger partial charge >= 0.3 is 0 Å². The Morgan fingerprint density at radius 3 is 2.90 bits per heavy atom. The number of hydrogen-bond donors (Lipinski definition) is 0. The van der Waals surface area contributed by atoms with Gasteiger partial charge in [0.15, 0.2) is 0 Å². The Morgan fingerprint density at radius 1 is 1.30 bits per heavy atom. The Labute approximate surface area is 129 Å². The molecule has 5 heteroatoms. The van der Waals surface area contributed by atoms with Gasteiger partial charge in [-0.3, -0.25) is 0 Å². The third-order valence-corrected chi connectivity index (χ3v) is 3.71. The summed E-state index contributed by atoms with van der Waals surface area (Å²) in [6, 6.07) is 5.79. The summed E-state index contributed by atoms with van der Waals surface area (Å²) in [6.07, 6.45) is 2.98. The van der Waals surface area contributed by atoms with Crippen LogP contribution < -0.4 is 0 Å². The van der Waals surface area contributed by atoms with Crippen LogP contribution in [0.5, 0.6) is 0 Å². The average Bonchev–Trinajstić information content (AvgIpc) is 2.78.